The molecular formula is C14H14BrClN2O. The third kappa shape index (κ3) is 4.48. The lowest BCUT2D eigenvalue weighted by Crippen LogP contribution is -2.01. The van der Waals surface area contributed by atoms with Gasteiger partial charge in [0.05, 0.1) is 0 Å². The first-order valence-corrected chi connectivity index (χ1v) is 7.25. The quantitative estimate of drug-likeness (QED) is 0.755. The van der Waals surface area contributed by atoms with E-state index in [1.807, 2.05) is 24.3 Å². The van der Waals surface area contributed by atoms with Crippen LogP contribution in [0.2, 0.25) is 5.15 Å². The van der Waals surface area contributed by atoms with Crippen molar-refractivity contribution in [1.82, 2.24) is 9.97 Å². The fourth-order valence-electron chi connectivity index (χ4n) is 1.59. The molecule has 0 aliphatic carbocycles. The first kappa shape index (κ1) is 14.3. The van der Waals surface area contributed by atoms with E-state index in [0.717, 1.165) is 28.7 Å². The van der Waals surface area contributed by atoms with Crippen LogP contribution in [0, 0.1) is 0 Å². The number of aromatic nitrogens is 2. The molecule has 2 aromatic rings. The second-order valence-electron chi connectivity index (χ2n) is 4.11. The molecule has 0 saturated heterocycles. The van der Waals surface area contributed by atoms with Crippen molar-refractivity contribution in [3.63, 3.8) is 0 Å². The molecule has 0 atom stereocenters. The lowest BCUT2D eigenvalue weighted by Gasteiger charge is -2.07. The smallest absolute Gasteiger partial charge is 0.218 e. The van der Waals surface area contributed by atoms with Gasteiger partial charge < -0.3 is 4.74 Å². The Balaban J connectivity index is 2.04. The van der Waals surface area contributed by atoms with Crippen LogP contribution in [0.4, 0.5) is 0 Å². The third-order valence-corrected chi connectivity index (χ3v) is 3.21. The van der Waals surface area contributed by atoms with Gasteiger partial charge in [0.15, 0.2) is 0 Å². The molecule has 100 valence electrons. The van der Waals surface area contributed by atoms with E-state index in [4.69, 9.17) is 16.3 Å². The molecule has 3 nitrogen and oxygen atoms in total. The average Bonchev–Trinajstić information content (AvgIpc) is 2.38. The molecule has 0 aliphatic heterocycles. The largest absolute Gasteiger partial charge is 0.473 e. The monoisotopic (exact) mass is 340 g/mol. The predicted octanol–water partition coefficient (Wildman–Crippen LogP) is 4.42. The van der Waals surface area contributed by atoms with Crippen LogP contribution < -0.4 is 4.74 Å². The Kier molecular flexibility index (Phi) is 5.16. The summed E-state index contributed by atoms with van der Waals surface area (Å²) in [5.41, 5.74) is 1.08. The van der Waals surface area contributed by atoms with Gasteiger partial charge in [-0.3, -0.25) is 0 Å². The summed E-state index contributed by atoms with van der Waals surface area (Å²) in [6.45, 7) is 2.54. The molecule has 19 heavy (non-hydrogen) atoms. The van der Waals surface area contributed by atoms with Crippen molar-refractivity contribution < 1.29 is 4.74 Å². The van der Waals surface area contributed by atoms with E-state index in [2.05, 4.69) is 32.8 Å². The average molecular weight is 342 g/mol. The number of benzene rings is 1. The molecule has 0 N–H and O–H groups in total. The Morgan fingerprint density at radius 3 is 2.63 bits per heavy atom. The molecule has 0 aliphatic rings. The highest BCUT2D eigenvalue weighted by atomic mass is 79.9. The van der Waals surface area contributed by atoms with Crippen LogP contribution in [0.3, 0.4) is 0 Å². The fraction of sp³-hybridized carbons (Fsp3) is 0.286. The molecule has 0 amide bonds. The highest BCUT2D eigenvalue weighted by Gasteiger charge is 2.04. The zero-order valence-electron chi connectivity index (χ0n) is 10.6. The van der Waals surface area contributed by atoms with Crippen LogP contribution in [-0.2, 0) is 13.0 Å². The molecule has 1 aromatic carbocycles. The normalized spacial score (nSPS) is 10.5. The Labute approximate surface area is 126 Å². The zero-order chi connectivity index (χ0) is 13.7. The van der Waals surface area contributed by atoms with Gasteiger partial charge in [0.1, 0.15) is 17.6 Å². The van der Waals surface area contributed by atoms with E-state index in [0.29, 0.717) is 17.6 Å². The zero-order valence-corrected chi connectivity index (χ0v) is 12.9. The van der Waals surface area contributed by atoms with Gasteiger partial charge >= 0.3 is 0 Å². The molecule has 0 fully saturated rings. The Morgan fingerprint density at radius 2 is 1.95 bits per heavy atom. The van der Waals surface area contributed by atoms with Gasteiger partial charge in [-0.1, -0.05) is 46.6 Å². The molecule has 0 unspecified atom stereocenters. The minimum absolute atomic E-state index is 0.421. The minimum Gasteiger partial charge on any atom is -0.473 e. The first-order valence-electron chi connectivity index (χ1n) is 6.08. The molecule has 1 heterocycles. The fourth-order valence-corrected chi connectivity index (χ4v) is 2.04. The third-order valence-electron chi connectivity index (χ3n) is 2.49. The second kappa shape index (κ2) is 6.87. The first-order chi connectivity index (χ1) is 9.17. The molecule has 0 saturated carbocycles. The highest BCUT2D eigenvalue weighted by Crippen LogP contribution is 2.17. The molecule has 2 rings (SSSR count). The summed E-state index contributed by atoms with van der Waals surface area (Å²) in [7, 11) is 0. The molecule has 1 aromatic heterocycles. The van der Waals surface area contributed by atoms with Gasteiger partial charge in [0, 0.05) is 17.0 Å². The van der Waals surface area contributed by atoms with Crippen LogP contribution in [0.5, 0.6) is 5.88 Å². The van der Waals surface area contributed by atoms with E-state index in [1.165, 1.54) is 0 Å². The summed E-state index contributed by atoms with van der Waals surface area (Å²) in [5, 5.41) is 0.421. The number of halogens is 2. The minimum atomic E-state index is 0.421. The Morgan fingerprint density at radius 1 is 1.21 bits per heavy atom. The number of hydrogen-bond donors (Lipinski definition) is 0. The number of ether oxygens (including phenoxy) is 1. The van der Waals surface area contributed by atoms with Crippen LogP contribution in [0.25, 0.3) is 0 Å². The van der Waals surface area contributed by atoms with Crippen LogP contribution in [0.1, 0.15) is 24.7 Å². The molecule has 0 radical (unpaired) electrons. The molecule has 0 bridgehead atoms. The van der Waals surface area contributed by atoms with E-state index < -0.39 is 0 Å². The molecule has 0 spiro atoms. The SMILES string of the molecule is CCCc1nc(Cl)cc(OCc2ccc(Br)cc2)n1. The van der Waals surface area contributed by atoms with Crippen LogP contribution in [0.15, 0.2) is 34.8 Å². The van der Waals surface area contributed by atoms with Crippen molar-refractivity contribution in [3.8, 4) is 5.88 Å². The van der Waals surface area contributed by atoms with Gasteiger partial charge in [-0.25, -0.2) is 4.98 Å². The van der Waals surface area contributed by atoms with Crippen molar-refractivity contribution in [1.29, 1.82) is 0 Å². The summed E-state index contributed by atoms with van der Waals surface area (Å²) >= 11 is 9.35. The molecular weight excluding hydrogens is 328 g/mol. The van der Waals surface area contributed by atoms with Crippen LogP contribution >= 0.6 is 27.5 Å². The summed E-state index contributed by atoms with van der Waals surface area (Å²) in [4.78, 5) is 8.49. The number of hydrogen-bond acceptors (Lipinski definition) is 3. The lowest BCUT2D eigenvalue weighted by molar-refractivity contribution is 0.292. The maximum Gasteiger partial charge on any atom is 0.218 e. The summed E-state index contributed by atoms with van der Waals surface area (Å²) < 4.78 is 6.70. The van der Waals surface area contributed by atoms with Crippen molar-refractivity contribution in [2.45, 2.75) is 26.4 Å². The van der Waals surface area contributed by atoms with E-state index >= 15 is 0 Å². The van der Waals surface area contributed by atoms with E-state index in [9.17, 15) is 0 Å². The van der Waals surface area contributed by atoms with Gasteiger partial charge in [-0.2, -0.15) is 4.98 Å². The van der Waals surface area contributed by atoms with E-state index in [-0.39, 0.29) is 0 Å². The topological polar surface area (TPSA) is 35.0 Å². The second-order valence-corrected chi connectivity index (χ2v) is 5.41. The Bertz CT molecular complexity index is 546. The van der Waals surface area contributed by atoms with E-state index in [1.54, 1.807) is 6.07 Å². The maximum absolute atomic E-state index is 5.95. The highest BCUT2D eigenvalue weighted by molar-refractivity contribution is 9.10. The van der Waals surface area contributed by atoms with Gasteiger partial charge in [-0.15, -0.1) is 0 Å². The number of rotatable bonds is 5. The standard InChI is InChI=1S/C14H14BrClN2O/c1-2-3-13-17-12(16)8-14(18-13)19-9-10-4-6-11(15)7-5-10/h4-8H,2-3,9H2,1H3. The van der Waals surface area contributed by atoms with Crippen molar-refractivity contribution in [3.05, 3.63) is 51.3 Å². The van der Waals surface area contributed by atoms with Crippen molar-refractivity contribution >= 4 is 27.5 Å². The van der Waals surface area contributed by atoms with Gasteiger partial charge in [0.25, 0.3) is 0 Å². The summed E-state index contributed by atoms with van der Waals surface area (Å²) in [6, 6.07) is 9.60. The summed E-state index contributed by atoms with van der Waals surface area (Å²) in [6.07, 6.45) is 1.78. The maximum atomic E-state index is 5.95. The van der Waals surface area contributed by atoms with Gasteiger partial charge in [0.2, 0.25) is 5.88 Å². The van der Waals surface area contributed by atoms with Crippen molar-refractivity contribution in [2.24, 2.45) is 0 Å². The van der Waals surface area contributed by atoms with Crippen molar-refractivity contribution in [2.75, 3.05) is 0 Å². The Hall–Kier alpha value is -1.13. The predicted molar refractivity (Wildman–Crippen MR) is 79.5 cm³/mol. The number of aryl methyl sites for hydroxylation is 1. The lowest BCUT2D eigenvalue weighted by atomic mass is 10.2. The van der Waals surface area contributed by atoms with Gasteiger partial charge in [-0.05, 0) is 24.1 Å². The summed E-state index contributed by atoms with van der Waals surface area (Å²) in [5.74, 6) is 1.24. The molecule has 5 heteroatoms. The van der Waals surface area contributed by atoms with Crippen LogP contribution in [-0.4, -0.2) is 9.97 Å². The number of nitrogens with zero attached hydrogens (tertiary/aromatic N) is 2.